The molecule has 0 fully saturated rings. The van der Waals surface area contributed by atoms with Gasteiger partial charge in [-0.15, -0.1) is 0 Å². The minimum atomic E-state index is 1.15. The fraction of sp³-hybridized carbons (Fsp3) is 0. The van der Waals surface area contributed by atoms with Crippen LogP contribution >= 0.6 is 23.5 Å². The highest BCUT2D eigenvalue weighted by molar-refractivity contribution is 8.00. The number of hydrogen-bond donors (Lipinski definition) is 0. The topological polar surface area (TPSA) is 6.48 Å². The molecule has 8 aromatic rings. The molecule has 0 spiro atoms. The molecule has 0 unspecified atom stereocenters. The molecule has 2 aliphatic rings. The number of para-hydroxylation sites is 4. The van der Waals surface area contributed by atoms with E-state index in [9.17, 15) is 0 Å². The van der Waals surface area contributed by atoms with Gasteiger partial charge in [-0.25, -0.2) is 0 Å². The maximum Gasteiger partial charge on any atom is 0.0473 e. The van der Waals surface area contributed by atoms with Gasteiger partial charge in [-0.05, 0) is 107 Å². The summed E-state index contributed by atoms with van der Waals surface area (Å²) in [7, 11) is 0. The summed E-state index contributed by atoms with van der Waals surface area (Å²) in [5.41, 5.74) is 12.1. The van der Waals surface area contributed by atoms with Crippen LogP contribution in [0.15, 0.2) is 202 Å². The van der Waals surface area contributed by atoms with Crippen molar-refractivity contribution in [3.8, 4) is 22.3 Å². The van der Waals surface area contributed by atoms with Crippen molar-refractivity contribution >= 4 is 68.4 Å². The predicted octanol–water partition coefficient (Wildman–Crippen LogP) is 14.0. The van der Waals surface area contributed by atoms with E-state index in [0.29, 0.717) is 0 Å². The Labute approximate surface area is 300 Å². The SMILES string of the molecule is c1ccc(N(c2ccccc2)c2ccc3c(c2)Sc2ccc4c5c(ccc-3c25)-c2ccc(N(c3ccccc3)c3ccccc3)cc2S4)cc1. The normalized spacial score (nSPS) is 12.2. The van der Waals surface area contributed by atoms with Crippen molar-refractivity contribution < 1.29 is 0 Å². The number of hydrogen-bond acceptors (Lipinski definition) is 4. The van der Waals surface area contributed by atoms with E-state index in [1.807, 2.05) is 23.5 Å². The van der Waals surface area contributed by atoms with Crippen LogP contribution in [0.1, 0.15) is 0 Å². The highest BCUT2D eigenvalue weighted by atomic mass is 32.2. The van der Waals surface area contributed by atoms with Gasteiger partial charge in [0.25, 0.3) is 0 Å². The molecule has 0 aromatic heterocycles. The first kappa shape index (κ1) is 29.3. The van der Waals surface area contributed by atoms with Gasteiger partial charge in [0, 0.05) is 64.5 Å². The van der Waals surface area contributed by atoms with E-state index in [1.165, 1.54) is 52.6 Å². The van der Waals surface area contributed by atoms with E-state index in [2.05, 4.69) is 192 Å². The molecule has 0 amide bonds. The van der Waals surface area contributed by atoms with Crippen LogP contribution in [0, 0.1) is 0 Å². The van der Waals surface area contributed by atoms with E-state index >= 15 is 0 Å². The standard InChI is InChI=1S/C46H30N2S2/c1-5-13-31(14-6-1)47(32-15-7-2-8-16-32)35-21-23-37-39-25-26-40-38-24-22-36(48(33-17-9-3-10-18-33)34-19-11-4-12-20-34)30-44(38)50-42-28-27-41(45(39)46(40)42)49-43(37)29-35/h1-30H. The molecule has 8 aromatic carbocycles. The Morgan fingerprint density at radius 3 is 0.920 bits per heavy atom. The smallest absolute Gasteiger partial charge is 0.0473 e. The predicted molar refractivity (Wildman–Crippen MR) is 212 cm³/mol. The average Bonchev–Trinajstić information content (AvgIpc) is 3.18. The van der Waals surface area contributed by atoms with Crippen molar-refractivity contribution in [1.82, 2.24) is 0 Å². The van der Waals surface area contributed by atoms with Gasteiger partial charge in [-0.3, -0.25) is 0 Å². The average molecular weight is 675 g/mol. The van der Waals surface area contributed by atoms with E-state index in [-0.39, 0.29) is 0 Å². The van der Waals surface area contributed by atoms with Crippen molar-refractivity contribution in [1.29, 1.82) is 0 Å². The highest BCUT2D eigenvalue weighted by Gasteiger charge is 2.28. The fourth-order valence-electron chi connectivity index (χ4n) is 7.41. The van der Waals surface area contributed by atoms with Crippen LogP contribution in [-0.2, 0) is 0 Å². The summed E-state index contributed by atoms with van der Waals surface area (Å²) in [5.74, 6) is 0. The number of benzene rings is 8. The Kier molecular flexibility index (Phi) is 7.04. The lowest BCUT2D eigenvalue weighted by Crippen LogP contribution is -2.10. The molecule has 0 bridgehead atoms. The van der Waals surface area contributed by atoms with Gasteiger partial charge in [0.2, 0.25) is 0 Å². The molecular weight excluding hydrogens is 645 g/mol. The maximum absolute atomic E-state index is 2.36. The largest absolute Gasteiger partial charge is 0.310 e. The van der Waals surface area contributed by atoms with Gasteiger partial charge in [-0.2, -0.15) is 0 Å². The molecule has 0 radical (unpaired) electrons. The molecule has 2 nitrogen and oxygen atoms in total. The van der Waals surface area contributed by atoms with E-state index in [1.54, 1.807) is 0 Å². The number of nitrogens with zero attached hydrogens (tertiary/aromatic N) is 2. The van der Waals surface area contributed by atoms with Crippen molar-refractivity contribution in [2.45, 2.75) is 19.6 Å². The Bertz CT molecular complexity index is 2280. The van der Waals surface area contributed by atoms with Gasteiger partial charge in [0.05, 0.1) is 0 Å². The second kappa shape index (κ2) is 12.0. The van der Waals surface area contributed by atoms with Gasteiger partial charge >= 0.3 is 0 Å². The second-order valence-electron chi connectivity index (χ2n) is 12.6. The van der Waals surface area contributed by atoms with Gasteiger partial charge < -0.3 is 9.80 Å². The van der Waals surface area contributed by atoms with Crippen molar-refractivity contribution in [3.05, 3.63) is 182 Å². The van der Waals surface area contributed by atoms with E-state index < -0.39 is 0 Å². The summed E-state index contributed by atoms with van der Waals surface area (Å²) in [5, 5.41) is 2.73. The molecule has 0 aliphatic carbocycles. The third kappa shape index (κ3) is 4.83. The van der Waals surface area contributed by atoms with E-state index in [4.69, 9.17) is 0 Å². The maximum atomic E-state index is 2.36. The third-order valence-electron chi connectivity index (χ3n) is 9.61. The molecule has 0 saturated carbocycles. The Balaban J connectivity index is 1.07. The van der Waals surface area contributed by atoms with Gasteiger partial charge in [0.15, 0.2) is 0 Å². The second-order valence-corrected chi connectivity index (χ2v) is 14.7. The monoisotopic (exact) mass is 674 g/mol. The molecule has 4 heteroatoms. The van der Waals surface area contributed by atoms with Crippen LogP contribution in [-0.4, -0.2) is 0 Å². The highest BCUT2D eigenvalue weighted by Crippen LogP contribution is 2.57. The van der Waals surface area contributed by atoms with Crippen LogP contribution in [0.4, 0.5) is 34.1 Å². The summed E-state index contributed by atoms with van der Waals surface area (Å²) in [4.78, 5) is 9.88. The molecular formula is C46H30N2S2. The number of fused-ring (bicyclic) bond motifs is 4. The first-order valence-electron chi connectivity index (χ1n) is 16.8. The molecule has 10 rings (SSSR count). The Morgan fingerprint density at radius 1 is 0.260 bits per heavy atom. The fourth-order valence-corrected chi connectivity index (χ4v) is 9.71. The minimum absolute atomic E-state index is 1.15. The lowest BCUT2D eigenvalue weighted by Gasteiger charge is -2.30. The van der Waals surface area contributed by atoms with Gasteiger partial charge in [-0.1, -0.05) is 121 Å². The number of rotatable bonds is 6. The Morgan fingerprint density at radius 2 is 0.580 bits per heavy atom. The zero-order valence-corrected chi connectivity index (χ0v) is 28.7. The molecule has 50 heavy (non-hydrogen) atoms. The van der Waals surface area contributed by atoms with Crippen molar-refractivity contribution in [3.63, 3.8) is 0 Å². The summed E-state index contributed by atoms with van der Waals surface area (Å²) >= 11 is 3.78. The summed E-state index contributed by atoms with van der Waals surface area (Å²) in [6.07, 6.45) is 0. The zero-order valence-electron chi connectivity index (χ0n) is 27.0. The first-order valence-corrected chi connectivity index (χ1v) is 18.5. The van der Waals surface area contributed by atoms with Crippen molar-refractivity contribution in [2.75, 3.05) is 9.80 Å². The van der Waals surface area contributed by atoms with Crippen LogP contribution in [0.25, 0.3) is 33.0 Å². The van der Waals surface area contributed by atoms with Crippen LogP contribution in [0.2, 0.25) is 0 Å². The first-order chi connectivity index (χ1) is 24.8. The summed E-state index contributed by atoms with van der Waals surface area (Å²) < 4.78 is 0. The zero-order chi connectivity index (χ0) is 33.0. The lowest BCUT2D eigenvalue weighted by molar-refractivity contribution is 1.25. The Hall–Kier alpha value is -5.68. The van der Waals surface area contributed by atoms with Crippen LogP contribution in [0.5, 0.6) is 0 Å². The van der Waals surface area contributed by atoms with Crippen LogP contribution < -0.4 is 9.80 Å². The minimum Gasteiger partial charge on any atom is -0.310 e. The van der Waals surface area contributed by atoms with Gasteiger partial charge in [0.1, 0.15) is 0 Å². The molecule has 0 saturated heterocycles. The van der Waals surface area contributed by atoms with E-state index in [0.717, 1.165) is 34.1 Å². The molecule has 0 N–H and O–H groups in total. The third-order valence-corrected chi connectivity index (χ3v) is 11.8. The summed E-state index contributed by atoms with van der Waals surface area (Å²) in [6, 6.07) is 65.8. The molecule has 2 heterocycles. The number of anilines is 6. The molecule has 0 atom stereocenters. The molecule has 236 valence electrons. The quantitative estimate of drug-likeness (QED) is 0.173. The lowest BCUT2D eigenvalue weighted by atomic mass is 9.91. The van der Waals surface area contributed by atoms with Crippen LogP contribution in [0.3, 0.4) is 0 Å². The summed E-state index contributed by atoms with van der Waals surface area (Å²) in [6.45, 7) is 0. The van der Waals surface area contributed by atoms with Crippen molar-refractivity contribution in [2.24, 2.45) is 0 Å². The molecule has 2 aliphatic heterocycles.